The molecule has 0 radical (unpaired) electrons. The summed E-state index contributed by atoms with van der Waals surface area (Å²) in [5.41, 5.74) is 5.33. The normalized spacial score (nSPS) is 11.5. The lowest BCUT2D eigenvalue weighted by Gasteiger charge is -2.23. The molecule has 1 amide bonds. The zero-order valence-corrected chi connectivity index (χ0v) is 22.6. The zero-order chi connectivity index (χ0) is 28.2. The summed E-state index contributed by atoms with van der Waals surface area (Å²) in [6.45, 7) is 3.17. The summed E-state index contributed by atoms with van der Waals surface area (Å²) in [5.74, 6) is -0.735. The quantitative estimate of drug-likeness (QED) is 0.173. The number of nitro benzene ring substituents is 1. The number of hydrazone groups is 1. The number of hydrogen-bond donors (Lipinski definition) is 1. The van der Waals surface area contributed by atoms with Crippen molar-refractivity contribution in [2.24, 2.45) is 5.10 Å². The molecule has 0 saturated carbocycles. The highest BCUT2D eigenvalue weighted by molar-refractivity contribution is 7.93. The Balaban J connectivity index is 1.58. The van der Waals surface area contributed by atoms with Crippen LogP contribution in [0.2, 0.25) is 5.02 Å². The summed E-state index contributed by atoms with van der Waals surface area (Å²) in [6, 6.07) is 22.1. The fourth-order valence-corrected chi connectivity index (χ4v) is 5.89. The maximum atomic E-state index is 13.5. The lowest BCUT2D eigenvalue weighted by atomic mass is 10.2. The van der Waals surface area contributed by atoms with E-state index < -0.39 is 38.0 Å². The molecule has 10 nitrogen and oxygen atoms in total. The molecule has 3 aromatic carbocycles. The van der Waals surface area contributed by atoms with Gasteiger partial charge in [0.1, 0.15) is 6.54 Å². The van der Waals surface area contributed by atoms with Crippen LogP contribution >= 0.6 is 11.6 Å². The number of aromatic nitrogens is 1. The van der Waals surface area contributed by atoms with Gasteiger partial charge in [-0.05, 0) is 56.3 Å². The first-order chi connectivity index (χ1) is 18.6. The Morgan fingerprint density at radius 2 is 1.74 bits per heavy atom. The molecule has 0 aliphatic rings. The number of nitro groups is 1. The first-order valence-electron chi connectivity index (χ1n) is 11.7. The van der Waals surface area contributed by atoms with Gasteiger partial charge >= 0.3 is 0 Å². The smallest absolute Gasteiger partial charge is 0.289 e. The average Bonchev–Trinajstić information content (AvgIpc) is 3.20. The number of rotatable bonds is 9. The van der Waals surface area contributed by atoms with Gasteiger partial charge in [0.25, 0.3) is 21.6 Å². The fraction of sp³-hybridized carbons (Fsp3) is 0.111. The van der Waals surface area contributed by atoms with Crippen molar-refractivity contribution in [3.8, 4) is 5.69 Å². The second-order valence-electron chi connectivity index (χ2n) is 8.51. The van der Waals surface area contributed by atoms with Gasteiger partial charge in [0.15, 0.2) is 4.90 Å². The molecule has 1 heterocycles. The SMILES string of the molecule is Cc1cc(/C=N\NC(=O)CN(c2ccccc2)S(=O)(=O)c2ccccc2[N+](=O)[O-])c(C)n1-c1cccc(Cl)c1. The molecule has 1 aromatic heterocycles. The van der Waals surface area contributed by atoms with E-state index in [1.54, 1.807) is 24.3 Å². The van der Waals surface area contributed by atoms with Gasteiger partial charge in [-0.25, -0.2) is 13.8 Å². The summed E-state index contributed by atoms with van der Waals surface area (Å²) in [6.07, 6.45) is 1.46. The molecule has 4 aromatic rings. The summed E-state index contributed by atoms with van der Waals surface area (Å²) in [5, 5.41) is 16.1. The number of benzene rings is 3. The molecule has 12 heteroatoms. The number of amides is 1. The van der Waals surface area contributed by atoms with E-state index in [2.05, 4.69) is 10.5 Å². The molecule has 0 fully saturated rings. The number of aryl methyl sites for hydroxylation is 1. The fourth-order valence-electron chi connectivity index (χ4n) is 4.12. The molecule has 39 heavy (non-hydrogen) atoms. The predicted molar refractivity (Wildman–Crippen MR) is 150 cm³/mol. The van der Waals surface area contributed by atoms with Crippen LogP contribution in [0.4, 0.5) is 11.4 Å². The molecule has 0 bridgehead atoms. The topological polar surface area (TPSA) is 127 Å². The summed E-state index contributed by atoms with van der Waals surface area (Å²) in [4.78, 5) is 23.0. The van der Waals surface area contributed by atoms with Gasteiger partial charge in [-0.2, -0.15) is 5.10 Å². The van der Waals surface area contributed by atoms with Crippen molar-refractivity contribution in [1.29, 1.82) is 0 Å². The van der Waals surface area contributed by atoms with Gasteiger partial charge in [-0.3, -0.25) is 19.2 Å². The van der Waals surface area contributed by atoms with Crippen LogP contribution in [0.15, 0.2) is 94.9 Å². The Hall–Kier alpha value is -4.48. The molecular weight excluding hydrogens is 542 g/mol. The lowest BCUT2D eigenvalue weighted by molar-refractivity contribution is -0.387. The van der Waals surface area contributed by atoms with E-state index in [0.717, 1.165) is 39.1 Å². The van der Waals surface area contributed by atoms with E-state index in [1.165, 1.54) is 30.5 Å². The highest BCUT2D eigenvalue weighted by Crippen LogP contribution is 2.29. The zero-order valence-electron chi connectivity index (χ0n) is 21.0. The Morgan fingerprint density at radius 1 is 1.05 bits per heavy atom. The molecule has 0 atom stereocenters. The molecular formula is C27H24ClN5O5S. The number of halogens is 1. The monoisotopic (exact) mass is 565 g/mol. The second kappa shape index (κ2) is 11.5. The van der Waals surface area contributed by atoms with Crippen LogP contribution < -0.4 is 9.73 Å². The Kier molecular flexibility index (Phi) is 8.12. The van der Waals surface area contributed by atoms with Gasteiger partial charge in [0, 0.05) is 33.7 Å². The Labute approximate surface area is 230 Å². The van der Waals surface area contributed by atoms with Crippen LogP contribution in [0.3, 0.4) is 0 Å². The van der Waals surface area contributed by atoms with E-state index in [-0.39, 0.29) is 5.69 Å². The number of nitrogens with zero attached hydrogens (tertiary/aromatic N) is 4. The number of carbonyl (C=O) groups is 1. The molecule has 0 unspecified atom stereocenters. The van der Waals surface area contributed by atoms with E-state index in [4.69, 9.17) is 11.6 Å². The molecule has 200 valence electrons. The number of nitrogens with one attached hydrogen (secondary N) is 1. The van der Waals surface area contributed by atoms with Crippen molar-refractivity contribution in [1.82, 2.24) is 9.99 Å². The third-order valence-corrected chi connectivity index (χ3v) is 7.95. The third kappa shape index (κ3) is 6.00. The van der Waals surface area contributed by atoms with Gasteiger partial charge in [-0.1, -0.05) is 48.0 Å². The van der Waals surface area contributed by atoms with Gasteiger partial charge in [0.2, 0.25) is 0 Å². The number of hydrogen-bond acceptors (Lipinski definition) is 6. The molecule has 0 aliphatic heterocycles. The van der Waals surface area contributed by atoms with Crippen molar-refractivity contribution >= 4 is 45.1 Å². The molecule has 0 aliphatic carbocycles. The van der Waals surface area contributed by atoms with Crippen LogP contribution in [-0.2, 0) is 14.8 Å². The third-order valence-electron chi connectivity index (χ3n) is 5.89. The predicted octanol–water partition coefficient (Wildman–Crippen LogP) is 5.00. The standard InChI is InChI=1S/C27H24ClN5O5S/c1-19-15-21(20(2)32(19)24-12-8-9-22(28)16-24)17-29-30-27(34)18-31(23-10-4-3-5-11-23)39(37,38)26-14-7-6-13-25(26)33(35)36/h3-17H,18H2,1-2H3,(H,30,34)/b29-17-. The first kappa shape index (κ1) is 27.6. The van der Waals surface area contributed by atoms with Gasteiger partial charge < -0.3 is 4.57 Å². The van der Waals surface area contributed by atoms with E-state index in [1.807, 2.05) is 42.7 Å². The van der Waals surface area contributed by atoms with Crippen molar-refractivity contribution in [2.45, 2.75) is 18.7 Å². The molecule has 1 N–H and O–H groups in total. The van der Waals surface area contributed by atoms with Crippen molar-refractivity contribution in [2.75, 3.05) is 10.8 Å². The van der Waals surface area contributed by atoms with Gasteiger partial charge in [0.05, 0.1) is 16.8 Å². The number of para-hydroxylation sites is 2. The highest BCUT2D eigenvalue weighted by Gasteiger charge is 2.33. The molecule has 0 saturated heterocycles. The maximum absolute atomic E-state index is 13.5. The summed E-state index contributed by atoms with van der Waals surface area (Å²) >= 11 is 6.14. The highest BCUT2D eigenvalue weighted by atomic mass is 35.5. The summed E-state index contributed by atoms with van der Waals surface area (Å²) < 4.78 is 29.8. The van der Waals surface area contributed by atoms with Crippen LogP contribution in [0.25, 0.3) is 5.69 Å². The molecule has 0 spiro atoms. The number of carbonyl (C=O) groups excluding carboxylic acids is 1. The minimum absolute atomic E-state index is 0.167. The Bertz CT molecular complexity index is 1670. The van der Waals surface area contributed by atoms with Crippen LogP contribution in [0.5, 0.6) is 0 Å². The van der Waals surface area contributed by atoms with Crippen molar-refractivity contribution in [3.63, 3.8) is 0 Å². The Morgan fingerprint density at radius 3 is 2.44 bits per heavy atom. The van der Waals surface area contributed by atoms with Crippen LogP contribution in [0, 0.1) is 24.0 Å². The largest absolute Gasteiger partial charge is 0.318 e. The second-order valence-corrected chi connectivity index (χ2v) is 10.8. The van der Waals surface area contributed by atoms with E-state index >= 15 is 0 Å². The maximum Gasteiger partial charge on any atom is 0.289 e. The van der Waals surface area contributed by atoms with E-state index in [9.17, 15) is 23.3 Å². The van der Waals surface area contributed by atoms with Crippen molar-refractivity contribution in [3.05, 3.63) is 117 Å². The van der Waals surface area contributed by atoms with Crippen molar-refractivity contribution < 1.29 is 18.1 Å². The number of sulfonamides is 1. The van der Waals surface area contributed by atoms with Crippen LogP contribution in [-0.4, -0.2) is 36.6 Å². The van der Waals surface area contributed by atoms with Crippen LogP contribution in [0.1, 0.15) is 17.0 Å². The number of anilines is 1. The molecule has 4 rings (SSSR count). The lowest BCUT2D eigenvalue weighted by Crippen LogP contribution is -2.39. The minimum atomic E-state index is -4.48. The van der Waals surface area contributed by atoms with Gasteiger partial charge in [-0.15, -0.1) is 0 Å². The minimum Gasteiger partial charge on any atom is -0.318 e. The van der Waals surface area contributed by atoms with E-state index in [0.29, 0.717) is 5.02 Å². The summed E-state index contributed by atoms with van der Waals surface area (Å²) in [7, 11) is -4.48. The first-order valence-corrected chi connectivity index (χ1v) is 13.5. The average molecular weight is 566 g/mol.